The zero-order valence-electron chi connectivity index (χ0n) is 17.3. The fourth-order valence-electron chi connectivity index (χ4n) is 3.71. The number of benzene rings is 1. The molecule has 0 bridgehead atoms. The van der Waals surface area contributed by atoms with Crippen LogP contribution in [0.5, 0.6) is 5.75 Å². The standard InChI is InChI=1S/C23H31N3O2S/c1-16(12-18-15-29-22-7-5-4-6-21(18)22)25-23(28)24-14-19(26(2)3)13-17-8-10-20(27)11-9-17/h4-11,15-16,19,21-22,27H,12-14H2,1-3H3,(H2,24,25,28). The molecule has 0 fully saturated rings. The van der Waals surface area contributed by atoms with Gasteiger partial charge in [-0.3, -0.25) is 0 Å². The normalized spacial score (nSPS) is 22.1. The number of aromatic hydroxyl groups is 1. The maximum atomic E-state index is 12.4. The first-order valence-electron chi connectivity index (χ1n) is 10.1. The van der Waals surface area contributed by atoms with E-state index in [1.54, 1.807) is 12.1 Å². The van der Waals surface area contributed by atoms with Crippen LogP contribution in [0.2, 0.25) is 0 Å². The van der Waals surface area contributed by atoms with E-state index in [1.165, 1.54) is 5.57 Å². The molecule has 0 spiro atoms. The highest BCUT2D eigenvalue weighted by Gasteiger charge is 2.28. The molecule has 5 nitrogen and oxygen atoms in total. The fraction of sp³-hybridized carbons (Fsp3) is 0.435. The van der Waals surface area contributed by atoms with Crippen LogP contribution in [-0.4, -0.2) is 54.0 Å². The van der Waals surface area contributed by atoms with Crippen LogP contribution in [0, 0.1) is 5.92 Å². The van der Waals surface area contributed by atoms with Gasteiger partial charge in [-0.15, -0.1) is 11.8 Å². The van der Waals surface area contributed by atoms with Crippen LogP contribution in [0.4, 0.5) is 4.79 Å². The number of phenols is 1. The number of hydrogen-bond acceptors (Lipinski definition) is 4. The molecular formula is C23H31N3O2S. The number of rotatable bonds is 8. The number of nitrogens with one attached hydrogen (secondary N) is 2. The van der Waals surface area contributed by atoms with Crippen molar-refractivity contribution >= 4 is 17.8 Å². The summed E-state index contributed by atoms with van der Waals surface area (Å²) in [5.41, 5.74) is 2.53. The number of likely N-dealkylation sites (N-methyl/N-ethyl adjacent to an activating group) is 1. The molecule has 0 radical (unpaired) electrons. The second-order valence-corrected chi connectivity index (χ2v) is 9.09. The molecule has 4 atom stereocenters. The van der Waals surface area contributed by atoms with Gasteiger partial charge in [0, 0.05) is 29.8 Å². The molecule has 2 amide bonds. The number of amides is 2. The molecule has 1 heterocycles. The predicted molar refractivity (Wildman–Crippen MR) is 121 cm³/mol. The number of thioether (sulfide) groups is 1. The van der Waals surface area contributed by atoms with Crippen molar-refractivity contribution in [2.45, 2.75) is 37.1 Å². The Bertz CT molecular complexity index is 786. The van der Waals surface area contributed by atoms with Crippen LogP contribution in [0.15, 0.2) is 59.6 Å². The van der Waals surface area contributed by atoms with Gasteiger partial charge in [-0.1, -0.05) is 42.0 Å². The van der Waals surface area contributed by atoms with Gasteiger partial charge in [0.1, 0.15) is 5.75 Å². The third-order valence-electron chi connectivity index (χ3n) is 5.44. The smallest absolute Gasteiger partial charge is 0.315 e. The van der Waals surface area contributed by atoms with E-state index in [4.69, 9.17) is 0 Å². The first-order valence-corrected chi connectivity index (χ1v) is 11.0. The summed E-state index contributed by atoms with van der Waals surface area (Å²) in [4.78, 5) is 14.5. The van der Waals surface area contributed by atoms with Crippen molar-refractivity contribution in [3.05, 3.63) is 65.1 Å². The van der Waals surface area contributed by atoms with Gasteiger partial charge in [0.15, 0.2) is 0 Å². The summed E-state index contributed by atoms with van der Waals surface area (Å²) >= 11 is 1.86. The third-order valence-corrected chi connectivity index (χ3v) is 6.65. The third kappa shape index (κ3) is 6.15. The molecule has 6 heteroatoms. The van der Waals surface area contributed by atoms with E-state index in [1.807, 2.05) is 38.0 Å². The van der Waals surface area contributed by atoms with Crippen LogP contribution < -0.4 is 10.6 Å². The van der Waals surface area contributed by atoms with Crippen molar-refractivity contribution in [2.24, 2.45) is 5.92 Å². The summed E-state index contributed by atoms with van der Waals surface area (Å²) < 4.78 is 0. The fourth-order valence-corrected chi connectivity index (χ4v) is 4.91. The van der Waals surface area contributed by atoms with Gasteiger partial charge >= 0.3 is 6.03 Å². The first-order chi connectivity index (χ1) is 13.9. The summed E-state index contributed by atoms with van der Waals surface area (Å²) in [6.45, 7) is 2.61. The maximum absolute atomic E-state index is 12.4. The van der Waals surface area contributed by atoms with Crippen LogP contribution >= 0.6 is 11.8 Å². The Morgan fingerprint density at radius 1 is 1.17 bits per heavy atom. The topological polar surface area (TPSA) is 64.6 Å². The van der Waals surface area contributed by atoms with E-state index in [0.717, 1.165) is 18.4 Å². The monoisotopic (exact) mass is 413 g/mol. The van der Waals surface area contributed by atoms with Gasteiger partial charge in [0.25, 0.3) is 0 Å². The molecule has 0 aromatic heterocycles. The molecule has 1 aliphatic carbocycles. The van der Waals surface area contributed by atoms with Crippen molar-refractivity contribution in [3.8, 4) is 5.75 Å². The summed E-state index contributed by atoms with van der Waals surface area (Å²) in [6.07, 6.45) is 10.4. The second-order valence-electron chi connectivity index (χ2n) is 8.04. The van der Waals surface area contributed by atoms with Gasteiger partial charge in [0.2, 0.25) is 0 Å². The van der Waals surface area contributed by atoms with E-state index in [2.05, 4.69) is 52.2 Å². The lowest BCUT2D eigenvalue weighted by molar-refractivity contribution is 0.229. The molecular weight excluding hydrogens is 382 g/mol. The van der Waals surface area contributed by atoms with Crippen LogP contribution in [0.1, 0.15) is 18.9 Å². The van der Waals surface area contributed by atoms with Crippen molar-refractivity contribution in [1.82, 2.24) is 15.5 Å². The first kappa shape index (κ1) is 21.5. The number of allylic oxidation sites excluding steroid dienone is 3. The Morgan fingerprint density at radius 3 is 2.62 bits per heavy atom. The van der Waals surface area contributed by atoms with Crippen molar-refractivity contribution in [1.29, 1.82) is 0 Å². The lowest BCUT2D eigenvalue weighted by atomic mass is 9.89. The highest BCUT2D eigenvalue weighted by Crippen LogP contribution is 2.40. The average Bonchev–Trinajstić information content (AvgIpc) is 3.09. The van der Waals surface area contributed by atoms with E-state index in [-0.39, 0.29) is 23.9 Å². The van der Waals surface area contributed by atoms with E-state index >= 15 is 0 Å². The summed E-state index contributed by atoms with van der Waals surface area (Å²) in [7, 11) is 4.03. The zero-order chi connectivity index (χ0) is 20.8. The molecule has 1 aromatic rings. The van der Waals surface area contributed by atoms with Crippen molar-refractivity contribution in [2.75, 3.05) is 20.6 Å². The molecule has 0 saturated carbocycles. The van der Waals surface area contributed by atoms with E-state index < -0.39 is 0 Å². The van der Waals surface area contributed by atoms with Gasteiger partial charge < -0.3 is 20.6 Å². The molecule has 1 aromatic carbocycles. The minimum atomic E-state index is -0.128. The van der Waals surface area contributed by atoms with Gasteiger partial charge in [0.05, 0.1) is 0 Å². The lowest BCUT2D eigenvalue weighted by Gasteiger charge is -2.26. The SMILES string of the molecule is CC(CC1=CSC2C=CC=CC12)NC(=O)NCC(Cc1ccc(O)cc1)N(C)C. The van der Waals surface area contributed by atoms with Gasteiger partial charge in [-0.05, 0) is 57.0 Å². The minimum absolute atomic E-state index is 0.0785. The zero-order valence-corrected chi connectivity index (χ0v) is 18.2. The Kier molecular flexibility index (Phi) is 7.45. The number of fused-ring (bicyclic) bond motifs is 1. The minimum Gasteiger partial charge on any atom is -0.508 e. The number of phenolic OH excluding ortho intramolecular Hbond substituents is 1. The Hall–Kier alpha value is -2.18. The lowest BCUT2D eigenvalue weighted by Crippen LogP contribution is -2.47. The summed E-state index contributed by atoms with van der Waals surface area (Å²) in [6, 6.07) is 7.36. The summed E-state index contributed by atoms with van der Waals surface area (Å²) in [5, 5.41) is 18.3. The van der Waals surface area contributed by atoms with Crippen LogP contribution in [0.3, 0.4) is 0 Å². The van der Waals surface area contributed by atoms with Crippen LogP contribution in [-0.2, 0) is 6.42 Å². The quantitative estimate of drug-likeness (QED) is 0.608. The number of carbonyl (C=O) groups excluding carboxylic acids is 1. The van der Waals surface area contributed by atoms with Crippen molar-refractivity contribution < 1.29 is 9.90 Å². The van der Waals surface area contributed by atoms with Crippen molar-refractivity contribution in [3.63, 3.8) is 0 Å². The number of carbonyl (C=O) groups is 1. The van der Waals surface area contributed by atoms with Gasteiger partial charge in [-0.25, -0.2) is 4.79 Å². The molecule has 2 aliphatic rings. The molecule has 1 aliphatic heterocycles. The predicted octanol–water partition coefficient (Wildman–Crippen LogP) is 3.68. The summed E-state index contributed by atoms with van der Waals surface area (Å²) in [5.74, 6) is 0.726. The van der Waals surface area contributed by atoms with E-state index in [9.17, 15) is 9.90 Å². The second kappa shape index (κ2) is 10.0. The molecule has 0 saturated heterocycles. The highest BCUT2D eigenvalue weighted by molar-refractivity contribution is 8.03. The van der Waals surface area contributed by atoms with E-state index in [0.29, 0.717) is 17.7 Å². The molecule has 29 heavy (non-hydrogen) atoms. The Labute approximate surface area is 177 Å². The number of urea groups is 1. The molecule has 4 unspecified atom stereocenters. The Morgan fingerprint density at radius 2 is 1.90 bits per heavy atom. The largest absolute Gasteiger partial charge is 0.508 e. The highest BCUT2D eigenvalue weighted by atomic mass is 32.2. The van der Waals surface area contributed by atoms with Gasteiger partial charge in [-0.2, -0.15) is 0 Å². The Balaban J connectivity index is 1.44. The molecule has 3 rings (SSSR count). The van der Waals surface area contributed by atoms with Crippen LogP contribution in [0.25, 0.3) is 0 Å². The average molecular weight is 414 g/mol. The number of nitrogens with zero attached hydrogens (tertiary/aromatic N) is 1. The molecule has 156 valence electrons. The number of hydrogen-bond donors (Lipinski definition) is 3. The molecule has 3 N–H and O–H groups in total. The maximum Gasteiger partial charge on any atom is 0.315 e.